The van der Waals surface area contributed by atoms with Crippen LogP contribution in [-0.4, -0.2) is 17.1 Å². The maximum absolute atomic E-state index is 12.8. The molecule has 1 fully saturated rings. The minimum Gasteiger partial charge on any atom is -0.324 e. The van der Waals surface area contributed by atoms with Crippen LogP contribution in [0.15, 0.2) is 47.6 Å². The molecule has 1 aliphatic carbocycles. The van der Waals surface area contributed by atoms with Crippen LogP contribution in [0.25, 0.3) is 0 Å². The van der Waals surface area contributed by atoms with Crippen LogP contribution < -0.4 is 5.32 Å². The van der Waals surface area contributed by atoms with Gasteiger partial charge in [-0.1, -0.05) is 30.2 Å². The molecule has 22 heavy (non-hydrogen) atoms. The number of nitrogens with one attached hydrogen (secondary N) is 1. The summed E-state index contributed by atoms with van der Waals surface area (Å²) in [7, 11) is 0. The standard InChI is InChI=1S/C17H17ClN2OS/c1-22-15-8-7-14(11-19-15)20-16(21)17(9-2-10-17)12-3-5-13(18)6-4-12/h3-8,11H,2,9-10H2,1H3,(H,20,21). The molecule has 5 heteroatoms. The van der Waals surface area contributed by atoms with E-state index in [2.05, 4.69) is 10.3 Å². The molecule has 1 amide bonds. The first kappa shape index (κ1) is 15.4. The number of hydrogen-bond acceptors (Lipinski definition) is 3. The minimum atomic E-state index is -0.428. The molecule has 1 aliphatic rings. The SMILES string of the molecule is CSc1ccc(NC(=O)C2(c3ccc(Cl)cc3)CCC2)cn1. The molecule has 0 atom stereocenters. The highest BCUT2D eigenvalue weighted by Crippen LogP contribution is 2.44. The fourth-order valence-corrected chi connectivity index (χ4v) is 3.26. The zero-order valence-electron chi connectivity index (χ0n) is 12.3. The Hall–Kier alpha value is -1.52. The third kappa shape index (κ3) is 2.85. The van der Waals surface area contributed by atoms with Crippen molar-refractivity contribution in [2.45, 2.75) is 29.7 Å². The van der Waals surface area contributed by atoms with Crippen LogP contribution in [0.3, 0.4) is 0 Å². The largest absolute Gasteiger partial charge is 0.324 e. The summed E-state index contributed by atoms with van der Waals surface area (Å²) in [5.74, 6) is 0.0415. The van der Waals surface area contributed by atoms with E-state index in [1.165, 1.54) is 0 Å². The number of benzene rings is 1. The van der Waals surface area contributed by atoms with Crippen molar-refractivity contribution in [2.24, 2.45) is 0 Å². The third-order valence-electron chi connectivity index (χ3n) is 4.24. The van der Waals surface area contributed by atoms with E-state index < -0.39 is 5.41 Å². The first-order valence-electron chi connectivity index (χ1n) is 7.22. The van der Waals surface area contributed by atoms with E-state index in [1.807, 2.05) is 42.7 Å². The fraction of sp³-hybridized carbons (Fsp3) is 0.294. The maximum atomic E-state index is 12.8. The predicted octanol–water partition coefficient (Wildman–Crippen LogP) is 4.52. The second-order valence-electron chi connectivity index (χ2n) is 5.49. The van der Waals surface area contributed by atoms with E-state index in [0.717, 1.165) is 35.5 Å². The molecule has 0 saturated heterocycles. The van der Waals surface area contributed by atoms with Gasteiger partial charge in [-0.3, -0.25) is 4.79 Å². The summed E-state index contributed by atoms with van der Waals surface area (Å²) < 4.78 is 0. The van der Waals surface area contributed by atoms with Crippen LogP contribution in [-0.2, 0) is 10.2 Å². The highest BCUT2D eigenvalue weighted by Gasteiger charge is 2.45. The number of carbonyl (C=O) groups excluding carboxylic acids is 1. The molecule has 3 rings (SSSR count). The lowest BCUT2D eigenvalue weighted by atomic mass is 9.64. The molecule has 1 aromatic heterocycles. The average Bonchev–Trinajstić information content (AvgIpc) is 2.49. The van der Waals surface area contributed by atoms with E-state index in [-0.39, 0.29) is 5.91 Å². The Kier molecular flexibility index (Phi) is 4.41. The Morgan fingerprint density at radius 2 is 1.95 bits per heavy atom. The Morgan fingerprint density at radius 3 is 2.45 bits per heavy atom. The Balaban J connectivity index is 1.80. The number of anilines is 1. The summed E-state index contributed by atoms with van der Waals surface area (Å²) in [6.07, 6.45) is 6.50. The number of halogens is 1. The molecule has 0 radical (unpaired) electrons. The Labute approximate surface area is 139 Å². The van der Waals surface area contributed by atoms with E-state index in [0.29, 0.717) is 5.02 Å². The van der Waals surface area contributed by atoms with Gasteiger partial charge >= 0.3 is 0 Å². The number of rotatable bonds is 4. The minimum absolute atomic E-state index is 0.0415. The van der Waals surface area contributed by atoms with Crippen molar-refractivity contribution in [1.82, 2.24) is 4.98 Å². The number of hydrogen-bond donors (Lipinski definition) is 1. The lowest BCUT2D eigenvalue weighted by molar-refractivity contribution is -0.124. The Morgan fingerprint density at radius 1 is 1.23 bits per heavy atom. The molecule has 1 saturated carbocycles. The predicted molar refractivity (Wildman–Crippen MR) is 91.6 cm³/mol. The molecular weight excluding hydrogens is 316 g/mol. The van der Waals surface area contributed by atoms with E-state index in [4.69, 9.17) is 11.6 Å². The molecule has 0 aliphatic heterocycles. The number of carbonyl (C=O) groups is 1. The molecule has 3 nitrogen and oxygen atoms in total. The third-order valence-corrected chi connectivity index (χ3v) is 5.15. The summed E-state index contributed by atoms with van der Waals surface area (Å²) in [5, 5.41) is 4.63. The summed E-state index contributed by atoms with van der Waals surface area (Å²) in [6.45, 7) is 0. The zero-order chi connectivity index (χ0) is 15.6. The van der Waals surface area contributed by atoms with Gasteiger partial charge in [0.1, 0.15) is 0 Å². The summed E-state index contributed by atoms with van der Waals surface area (Å²) in [4.78, 5) is 17.1. The molecule has 1 aromatic carbocycles. The van der Waals surface area contributed by atoms with Crippen LogP contribution in [0.1, 0.15) is 24.8 Å². The van der Waals surface area contributed by atoms with Crippen LogP contribution in [0.4, 0.5) is 5.69 Å². The van der Waals surface area contributed by atoms with Crippen molar-refractivity contribution in [1.29, 1.82) is 0 Å². The number of nitrogens with zero attached hydrogens (tertiary/aromatic N) is 1. The molecule has 2 aromatic rings. The second kappa shape index (κ2) is 6.31. The van der Waals surface area contributed by atoms with Crippen LogP contribution >= 0.6 is 23.4 Å². The Bertz CT molecular complexity index is 666. The van der Waals surface area contributed by atoms with E-state index in [9.17, 15) is 4.79 Å². The van der Waals surface area contributed by atoms with Crippen LogP contribution in [0, 0.1) is 0 Å². The normalized spacial score (nSPS) is 15.9. The lowest BCUT2D eigenvalue weighted by Gasteiger charge is -2.40. The molecule has 0 bridgehead atoms. The lowest BCUT2D eigenvalue weighted by Crippen LogP contribution is -2.46. The second-order valence-corrected chi connectivity index (χ2v) is 6.75. The van der Waals surface area contributed by atoms with Gasteiger partial charge in [0.05, 0.1) is 22.3 Å². The molecule has 1 N–H and O–H groups in total. The molecule has 0 unspecified atom stereocenters. The molecule has 114 valence electrons. The van der Waals surface area contributed by atoms with Gasteiger partial charge in [0.2, 0.25) is 5.91 Å². The summed E-state index contributed by atoms with van der Waals surface area (Å²) >= 11 is 7.53. The average molecular weight is 333 g/mol. The molecule has 0 spiro atoms. The number of aromatic nitrogens is 1. The first-order valence-corrected chi connectivity index (χ1v) is 8.82. The van der Waals surface area contributed by atoms with Gasteiger partial charge in [0.15, 0.2) is 0 Å². The highest BCUT2D eigenvalue weighted by atomic mass is 35.5. The van der Waals surface area contributed by atoms with Gasteiger partial charge in [-0.15, -0.1) is 11.8 Å². The number of pyridine rings is 1. The van der Waals surface area contributed by atoms with Crippen LogP contribution in [0.5, 0.6) is 0 Å². The van der Waals surface area contributed by atoms with Gasteiger partial charge in [0.25, 0.3) is 0 Å². The van der Waals surface area contributed by atoms with Crippen molar-refractivity contribution >= 4 is 35.0 Å². The number of thioether (sulfide) groups is 1. The maximum Gasteiger partial charge on any atom is 0.235 e. The van der Waals surface area contributed by atoms with E-state index >= 15 is 0 Å². The van der Waals surface area contributed by atoms with Gasteiger partial charge in [-0.05, 0) is 48.9 Å². The monoisotopic (exact) mass is 332 g/mol. The molecular formula is C17H17ClN2OS. The number of amides is 1. The highest BCUT2D eigenvalue weighted by molar-refractivity contribution is 7.98. The van der Waals surface area contributed by atoms with Crippen molar-refractivity contribution in [3.8, 4) is 0 Å². The zero-order valence-corrected chi connectivity index (χ0v) is 13.9. The fourth-order valence-electron chi connectivity index (χ4n) is 2.77. The smallest absolute Gasteiger partial charge is 0.235 e. The van der Waals surface area contributed by atoms with Crippen LogP contribution in [0.2, 0.25) is 5.02 Å². The molecule has 1 heterocycles. The van der Waals surface area contributed by atoms with Crippen molar-refractivity contribution in [3.05, 3.63) is 53.2 Å². The summed E-state index contributed by atoms with van der Waals surface area (Å²) in [5.41, 5.74) is 1.35. The first-order chi connectivity index (χ1) is 10.6. The van der Waals surface area contributed by atoms with Gasteiger partial charge in [-0.25, -0.2) is 4.98 Å². The summed E-state index contributed by atoms with van der Waals surface area (Å²) in [6, 6.07) is 11.4. The van der Waals surface area contributed by atoms with Gasteiger partial charge in [-0.2, -0.15) is 0 Å². The van der Waals surface area contributed by atoms with Gasteiger partial charge in [0, 0.05) is 5.02 Å². The van der Waals surface area contributed by atoms with Crippen molar-refractivity contribution in [2.75, 3.05) is 11.6 Å². The quantitative estimate of drug-likeness (QED) is 0.837. The van der Waals surface area contributed by atoms with Crippen molar-refractivity contribution in [3.63, 3.8) is 0 Å². The van der Waals surface area contributed by atoms with Crippen molar-refractivity contribution < 1.29 is 4.79 Å². The van der Waals surface area contributed by atoms with E-state index in [1.54, 1.807) is 18.0 Å². The van der Waals surface area contributed by atoms with Gasteiger partial charge < -0.3 is 5.32 Å². The topological polar surface area (TPSA) is 42.0 Å².